The van der Waals surface area contributed by atoms with Crippen LogP contribution in [0.4, 0.5) is 0 Å². The first kappa shape index (κ1) is 20.2. The molecule has 0 heterocycles. The second-order valence-corrected chi connectivity index (χ2v) is 5.81. The van der Waals surface area contributed by atoms with Gasteiger partial charge in [-0.1, -0.05) is 63.6 Å². The zero-order chi connectivity index (χ0) is 17.5. The summed E-state index contributed by atoms with van der Waals surface area (Å²) in [6.45, 7) is 2.32. The molecule has 134 valence electrons. The normalized spacial score (nSPS) is 11.3. The molecule has 0 aromatic heterocycles. The van der Waals surface area contributed by atoms with Crippen LogP contribution in [0.3, 0.4) is 0 Å². The van der Waals surface area contributed by atoms with E-state index in [-0.39, 0.29) is 19.2 Å². The highest BCUT2D eigenvalue weighted by Crippen LogP contribution is 2.16. The van der Waals surface area contributed by atoms with Gasteiger partial charge in [0.2, 0.25) is 0 Å². The number of benzene rings is 1. The molecule has 1 N–H and O–H groups in total. The Balaban J connectivity index is 2.42. The minimum absolute atomic E-state index is 0.0745. The van der Waals surface area contributed by atoms with E-state index in [0.29, 0.717) is 17.7 Å². The number of unbranched alkanes of at least 4 members (excludes halogenated alkanes) is 6. The smallest absolute Gasteiger partial charge is 0.342 e. The fourth-order valence-corrected chi connectivity index (χ4v) is 2.36. The van der Waals surface area contributed by atoms with E-state index in [2.05, 4.69) is 6.92 Å². The number of esters is 1. The van der Waals surface area contributed by atoms with Crippen LogP contribution in [0, 0.1) is 0 Å². The van der Waals surface area contributed by atoms with Gasteiger partial charge in [0.15, 0.2) is 0 Å². The lowest BCUT2D eigenvalue weighted by molar-refractivity contribution is -0.130. The Hall–Kier alpha value is -1.81. The van der Waals surface area contributed by atoms with Crippen molar-refractivity contribution in [2.24, 2.45) is 0 Å². The van der Waals surface area contributed by atoms with Crippen molar-refractivity contribution >= 4 is 5.97 Å². The Bertz CT molecular complexity index is 468. The molecule has 0 bridgehead atoms. The van der Waals surface area contributed by atoms with Crippen LogP contribution in [0.15, 0.2) is 42.2 Å². The molecule has 0 amide bonds. The number of aliphatic hydroxyl groups is 1. The Morgan fingerprint density at radius 3 is 2.38 bits per heavy atom. The molecule has 0 saturated carbocycles. The van der Waals surface area contributed by atoms with Gasteiger partial charge in [-0.15, -0.1) is 0 Å². The fraction of sp³-hybridized carbons (Fsp3) is 0.550. The molecular formula is C20H30O4. The van der Waals surface area contributed by atoms with Gasteiger partial charge in [0, 0.05) is 0 Å². The van der Waals surface area contributed by atoms with Gasteiger partial charge >= 0.3 is 5.97 Å². The zero-order valence-electron chi connectivity index (χ0n) is 14.7. The van der Waals surface area contributed by atoms with Gasteiger partial charge in [-0.25, -0.2) is 4.79 Å². The van der Waals surface area contributed by atoms with Gasteiger partial charge in [0.05, 0.1) is 18.4 Å². The lowest BCUT2D eigenvalue weighted by atomic mass is 10.1. The molecular weight excluding hydrogens is 304 g/mol. The molecule has 0 spiro atoms. The first-order valence-corrected chi connectivity index (χ1v) is 8.96. The highest BCUT2D eigenvalue weighted by atomic mass is 16.5. The molecule has 0 aliphatic heterocycles. The Morgan fingerprint density at radius 1 is 1.04 bits per heavy atom. The lowest BCUT2D eigenvalue weighted by Gasteiger charge is -2.09. The molecule has 0 atom stereocenters. The monoisotopic (exact) mass is 334 g/mol. The third kappa shape index (κ3) is 9.36. The third-order valence-corrected chi connectivity index (χ3v) is 3.70. The molecule has 4 nitrogen and oxygen atoms in total. The summed E-state index contributed by atoms with van der Waals surface area (Å²) in [6.07, 6.45) is 10.4. The van der Waals surface area contributed by atoms with Crippen molar-refractivity contribution in [3.63, 3.8) is 0 Å². The predicted molar refractivity (Wildman–Crippen MR) is 95.8 cm³/mol. The first-order chi connectivity index (χ1) is 11.8. The van der Waals surface area contributed by atoms with Crippen LogP contribution in [0.25, 0.3) is 0 Å². The van der Waals surface area contributed by atoms with Crippen LogP contribution in [0.1, 0.15) is 58.3 Å². The standard InChI is InChI=1S/C20H30O4/c1-2-3-4-5-6-7-9-12-18(17-23-16-15-21)20(22)24-19-13-10-8-11-14-19/h8,10-11,13-14,17,21H,2-7,9,12,15-16H2,1H3. The molecule has 0 unspecified atom stereocenters. The van der Waals surface area contributed by atoms with E-state index >= 15 is 0 Å². The van der Waals surface area contributed by atoms with Gasteiger partial charge in [-0.05, 0) is 25.0 Å². The highest BCUT2D eigenvalue weighted by Gasteiger charge is 2.12. The molecule has 4 heteroatoms. The van der Waals surface area contributed by atoms with Crippen LogP contribution >= 0.6 is 0 Å². The molecule has 0 saturated heterocycles. The number of rotatable bonds is 13. The fourth-order valence-electron chi connectivity index (χ4n) is 2.36. The van der Waals surface area contributed by atoms with Crippen LogP contribution < -0.4 is 4.74 Å². The predicted octanol–water partition coefficient (Wildman–Crippen LogP) is 4.63. The molecule has 0 aliphatic rings. The number of aliphatic hydroxyl groups excluding tert-OH is 1. The maximum Gasteiger partial charge on any atom is 0.342 e. The van der Waals surface area contributed by atoms with E-state index in [4.69, 9.17) is 14.6 Å². The number of carbonyl (C=O) groups is 1. The number of carbonyl (C=O) groups excluding carboxylic acids is 1. The number of ether oxygens (including phenoxy) is 2. The maximum atomic E-state index is 12.3. The summed E-state index contributed by atoms with van der Waals surface area (Å²) in [7, 11) is 0. The van der Waals surface area contributed by atoms with Gasteiger partial charge in [-0.2, -0.15) is 0 Å². The van der Waals surface area contributed by atoms with Crippen LogP contribution in [-0.2, 0) is 9.53 Å². The molecule has 1 rings (SSSR count). The van der Waals surface area contributed by atoms with E-state index < -0.39 is 0 Å². The van der Waals surface area contributed by atoms with Gasteiger partial charge in [0.25, 0.3) is 0 Å². The SMILES string of the molecule is CCCCCCCCCC(=COCCO)C(=O)Oc1ccccc1. The summed E-state index contributed by atoms with van der Waals surface area (Å²) >= 11 is 0. The first-order valence-electron chi connectivity index (χ1n) is 8.96. The topological polar surface area (TPSA) is 55.8 Å². The second-order valence-electron chi connectivity index (χ2n) is 5.81. The van der Waals surface area contributed by atoms with Crippen molar-refractivity contribution in [2.45, 2.75) is 58.3 Å². The van der Waals surface area contributed by atoms with Gasteiger partial charge < -0.3 is 14.6 Å². The average Bonchev–Trinajstić information content (AvgIpc) is 2.60. The van der Waals surface area contributed by atoms with E-state index in [1.165, 1.54) is 38.4 Å². The Morgan fingerprint density at radius 2 is 1.71 bits per heavy atom. The zero-order valence-corrected chi connectivity index (χ0v) is 14.7. The highest BCUT2D eigenvalue weighted by molar-refractivity contribution is 5.89. The van der Waals surface area contributed by atoms with Gasteiger partial charge in [-0.3, -0.25) is 0 Å². The molecule has 1 aromatic carbocycles. The average molecular weight is 334 g/mol. The summed E-state index contributed by atoms with van der Waals surface area (Å²) in [5, 5.41) is 8.80. The third-order valence-electron chi connectivity index (χ3n) is 3.70. The number of hydrogen-bond acceptors (Lipinski definition) is 4. The lowest BCUT2D eigenvalue weighted by Crippen LogP contribution is -2.12. The molecule has 0 aliphatic carbocycles. The summed E-state index contributed by atoms with van der Waals surface area (Å²) in [5.74, 6) is 0.139. The largest absolute Gasteiger partial charge is 0.498 e. The van der Waals surface area contributed by atoms with E-state index in [0.717, 1.165) is 12.8 Å². The summed E-state index contributed by atoms with van der Waals surface area (Å²) in [6, 6.07) is 9.02. The van der Waals surface area contributed by atoms with Crippen molar-refractivity contribution < 1.29 is 19.4 Å². The molecule has 1 aromatic rings. The molecule has 0 radical (unpaired) electrons. The van der Waals surface area contributed by atoms with Crippen molar-refractivity contribution in [2.75, 3.05) is 13.2 Å². The van der Waals surface area contributed by atoms with Gasteiger partial charge in [0.1, 0.15) is 12.4 Å². The summed E-state index contributed by atoms with van der Waals surface area (Å²) < 4.78 is 10.6. The van der Waals surface area contributed by atoms with E-state index in [1.54, 1.807) is 12.1 Å². The number of para-hydroxylation sites is 1. The number of hydrogen-bond donors (Lipinski definition) is 1. The minimum Gasteiger partial charge on any atom is -0.498 e. The summed E-state index contributed by atoms with van der Waals surface area (Å²) in [5.41, 5.74) is 0.515. The van der Waals surface area contributed by atoms with Crippen molar-refractivity contribution in [3.8, 4) is 5.75 Å². The maximum absolute atomic E-state index is 12.3. The van der Waals surface area contributed by atoms with Crippen LogP contribution in [-0.4, -0.2) is 24.3 Å². The molecule has 24 heavy (non-hydrogen) atoms. The Labute approximate surface area is 145 Å². The van der Waals surface area contributed by atoms with Crippen LogP contribution in [0.5, 0.6) is 5.75 Å². The van der Waals surface area contributed by atoms with Crippen molar-refractivity contribution in [1.82, 2.24) is 0 Å². The van der Waals surface area contributed by atoms with Crippen LogP contribution in [0.2, 0.25) is 0 Å². The molecule has 0 fully saturated rings. The van der Waals surface area contributed by atoms with Crippen molar-refractivity contribution in [1.29, 1.82) is 0 Å². The van der Waals surface area contributed by atoms with E-state index in [1.807, 2.05) is 18.2 Å². The summed E-state index contributed by atoms with van der Waals surface area (Å²) in [4.78, 5) is 12.3. The Kier molecular flexibility index (Phi) is 11.5. The second kappa shape index (κ2) is 13.6. The quantitative estimate of drug-likeness (QED) is 0.188. The minimum atomic E-state index is -0.384. The van der Waals surface area contributed by atoms with Crippen molar-refractivity contribution in [3.05, 3.63) is 42.2 Å². The van der Waals surface area contributed by atoms with E-state index in [9.17, 15) is 4.79 Å².